The van der Waals surface area contributed by atoms with Crippen LogP contribution >= 0.6 is 11.6 Å². The SMILES string of the molecule is Cc1cc(C)n2nc(CC3C(=O)CC(CCc4ccc(OCC5CC5)c(Cl)c4)(C4CCCC4)OC3=O)nc2n1. The molecule has 1 aliphatic heterocycles. The fourth-order valence-electron chi connectivity index (χ4n) is 6.22. The molecule has 206 valence electrons. The minimum absolute atomic E-state index is 0.0836. The van der Waals surface area contributed by atoms with Crippen LogP contribution in [0.2, 0.25) is 5.02 Å². The first-order chi connectivity index (χ1) is 18.8. The average molecular weight is 551 g/mol. The van der Waals surface area contributed by atoms with Crippen molar-refractivity contribution in [2.75, 3.05) is 6.61 Å². The van der Waals surface area contributed by atoms with Gasteiger partial charge in [0.05, 0.1) is 11.6 Å². The van der Waals surface area contributed by atoms with Gasteiger partial charge >= 0.3 is 5.97 Å². The van der Waals surface area contributed by atoms with Crippen molar-refractivity contribution in [1.82, 2.24) is 19.6 Å². The van der Waals surface area contributed by atoms with Gasteiger partial charge in [-0.05, 0) is 88.0 Å². The van der Waals surface area contributed by atoms with Crippen molar-refractivity contribution in [2.24, 2.45) is 17.8 Å². The van der Waals surface area contributed by atoms with Gasteiger partial charge in [-0.15, -0.1) is 5.10 Å². The van der Waals surface area contributed by atoms with Crippen LogP contribution in [-0.4, -0.2) is 43.5 Å². The van der Waals surface area contributed by atoms with E-state index in [0.717, 1.165) is 42.6 Å². The van der Waals surface area contributed by atoms with Crippen LogP contribution in [0, 0.1) is 31.6 Å². The highest BCUT2D eigenvalue weighted by Crippen LogP contribution is 2.45. The molecule has 8 nitrogen and oxygen atoms in total. The predicted molar refractivity (Wildman–Crippen MR) is 146 cm³/mol. The van der Waals surface area contributed by atoms with Crippen LogP contribution in [0.15, 0.2) is 24.3 Å². The van der Waals surface area contributed by atoms with Gasteiger partial charge in [0, 0.05) is 24.2 Å². The molecule has 2 aliphatic carbocycles. The second kappa shape index (κ2) is 10.5. The van der Waals surface area contributed by atoms with E-state index in [1.165, 1.54) is 12.8 Å². The topological polar surface area (TPSA) is 95.7 Å². The number of aromatic nitrogens is 4. The molecule has 0 spiro atoms. The number of Topliss-reactive ketones (excluding diaryl/α,β-unsaturated/α-hetero) is 1. The Bertz CT molecular complexity index is 1390. The Morgan fingerprint density at radius 1 is 1.10 bits per heavy atom. The maximum Gasteiger partial charge on any atom is 0.317 e. The average Bonchev–Trinajstić information content (AvgIpc) is 3.36. The summed E-state index contributed by atoms with van der Waals surface area (Å²) in [6.07, 6.45) is 8.20. The normalized spacial score (nSPS) is 23.9. The molecule has 39 heavy (non-hydrogen) atoms. The Morgan fingerprint density at radius 2 is 1.90 bits per heavy atom. The number of aryl methyl sites for hydroxylation is 3. The monoisotopic (exact) mass is 550 g/mol. The van der Waals surface area contributed by atoms with E-state index in [1.807, 2.05) is 38.1 Å². The molecule has 9 heteroatoms. The van der Waals surface area contributed by atoms with Crippen molar-refractivity contribution in [3.63, 3.8) is 0 Å². The third-order valence-corrected chi connectivity index (χ3v) is 8.90. The first-order valence-electron chi connectivity index (χ1n) is 14.2. The Labute approximate surface area is 233 Å². The highest BCUT2D eigenvalue weighted by Gasteiger charge is 2.51. The highest BCUT2D eigenvalue weighted by atomic mass is 35.5. The number of carbonyl (C=O) groups excluding carboxylic acids is 2. The van der Waals surface area contributed by atoms with E-state index in [4.69, 9.17) is 21.1 Å². The quantitative estimate of drug-likeness (QED) is 0.259. The number of fused-ring (bicyclic) bond motifs is 1. The first kappa shape index (κ1) is 26.2. The molecule has 3 aromatic rings. The van der Waals surface area contributed by atoms with E-state index in [-0.39, 0.29) is 24.5 Å². The van der Waals surface area contributed by atoms with Gasteiger partial charge in [0.15, 0.2) is 11.6 Å². The van der Waals surface area contributed by atoms with Crippen LogP contribution in [0.4, 0.5) is 0 Å². The summed E-state index contributed by atoms with van der Waals surface area (Å²) >= 11 is 6.52. The lowest BCUT2D eigenvalue weighted by atomic mass is 9.73. The molecular weight excluding hydrogens is 516 g/mol. The number of hydrogen-bond donors (Lipinski definition) is 0. The van der Waals surface area contributed by atoms with Crippen LogP contribution in [0.3, 0.4) is 0 Å². The Balaban J connectivity index is 1.17. The predicted octanol–water partition coefficient (Wildman–Crippen LogP) is 5.42. The van der Waals surface area contributed by atoms with Gasteiger partial charge in [-0.2, -0.15) is 4.98 Å². The highest BCUT2D eigenvalue weighted by molar-refractivity contribution is 6.32. The molecule has 6 rings (SSSR count). The first-order valence-corrected chi connectivity index (χ1v) is 14.5. The number of hydrogen-bond acceptors (Lipinski definition) is 7. The second-order valence-electron chi connectivity index (χ2n) is 11.7. The van der Waals surface area contributed by atoms with Gasteiger partial charge in [-0.25, -0.2) is 9.50 Å². The summed E-state index contributed by atoms with van der Waals surface area (Å²) < 4.78 is 13.8. The Morgan fingerprint density at radius 3 is 2.62 bits per heavy atom. The van der Waals surface area contributed by atoms with Crippen molar-refractivity contribution in [1.29, 1.82) is 0 Å². The summed E-state index contributed by atoms with van der Waals surface area (Å²) in [5, 5.41) is 5.10. The number of benzene rings is 1. The fourth-order valence-corrected chi connectivity index (χ4v) is 6.48. The van der Waals surface area contributed by atoms with Gasteiger partial charge in [-0.1, -0.05) is 30.5 Å². The zero-order chi connectivity index (χ0) is 27.1. The van der Waals surface area contributed by atoms with E-state index < -0.39 is 17.5 Å². The molecule has 1 aromatic carbocycles. The molecule has 2 aromatic heterocycles. The smallest absolute Gasteiger partial charge is 0.317 e. The number of rotatable bonds is 9. The third kappa shape index (κ3) is 5.53. The van der Waals surface area contributed by atoms with E-state index in [9.17, 15) is 9.59 Å². The molecule has 3 heterocycles. The lowest BCUT2D eigenvalue weighted by molar-refractivity contribution is -0.185. The molecule has 0 amide bonds. The molecule has 3 aliphatic rings. The number of nitrogens with zero attached hydrogens (tertiary/aromatic N) is 4. The summed E-state index contributed by atoms with van der Waals surface area (Å²) in [6, 6.07) is 7.81. The zero-order valence-corrected chi connectivity index (χ0v) is 23.4. The van der Waals surface area contributed by atoms with E-state index in [1.54, 1.807) is 4.52 Å². The minimum atomic E-state index is -0.893. The van der Waals surface area contributed by atoms with Crippen molar-refractivity contribution in [3.05, 3.63) is 52.1 Å². The second-order valence-corrected chi connectivity index (χ2v) is 12.1. The van der Waals surface area contributed by atoms with Gasteiger partial charge in [-0.3, -0.25) is 9.59 Å². The van der Waals surface area contributed by atoms with Crippen LogP contribution in [0.25, 0.3) is 5.78 Å². The van der Waals surface area contributed by atoms with Gasteiger partial charge < -0.3 is 9.47 Å². The summed E-state index contributed by atoms with van der Waals surface area (Å²) in [6.45, 7) is 4.54. The number of ether oxygens (including phenoxy) is 2. The molecule has 0 bridgehead atoms. The maximum atomic E-state index is 13.5. The molecule has 2 unspecified atom stereocenters. The molecule has 2 saturated carbocycles. The van der Waals surface area contributed by atoms with Crippen molar-refractivity contribution >= 4 is 29.1 Å². The van der Waals surface area contributed by atoms with Crippen molar-refractivity contribution < 1.29 is 19.1 Å². The van der Waals surface area contributed by atoms with Crippen LogP contribution in [0.5, 0.6) is 5.75 Å². The van der Waals surface area contributed by atoms with Crippen molar-refractivity contribution in [3.8, 4) is 5.75 Å². The summed E-state index contributed by atoms with van der Waals surface area (Å²) in [5.74, 6) is 1.02. The minimum Gasteiger partial charge on any atom is -0.492 e. The number of carbonyl (C=O) groups is 2. The van der Waals surface area contributed by atoms with Gasteiger partial charge in [0.25, 0.3) is 5.78 Å². The molecule has 1 saturated heterocycles. The zero-order valence-electron chi connectivity index (χ0n) is 22.6. The third-order valence-electron chi connectivity index (χ3n) is 8.60. The number of cyclic esters (lactones) is 1. The Hall–Kier alpha value is -3.00. The fraction of sp³-hybridized carbons (Fsp3) is 0.567. The summed E-state index contributed by atoms with van der Waals surface area (Å²) in [7, 11) is 0. The number of ketones is 1. The molecule has 2 atom stereocenters. The summed E-state index contributed by atoms with van der Waals surface area (Å²) in [4.78, 5) is 35.9. The van der Waals surface area contributed by atoms with E-state index in [0.29, 0.717) is 47.7 Å². The standard InChI is InChI=1S/C30H35ClN4O4/c1-18-13-19(2)35-29(32-18)33-27(34-35)15-23-25(36)16-30(39-28(23)37,22-5-3-4-6-22)12-11-20-9-10-26(24(31)14-20)38-17-21-7-8-21/h9-10,13-14,21-23H,3-8,11-12,15-17H2,1-2H3. The molecular formula is C30H35ClN4O4. The largest absolute Gasteiger partial charge is 0.492 e. The van der Waals surface area contributed by atoms with E-state index >= 15 is 0 Å². The lowest BCUT2D eigenvalue weighted by Gasteiger charge is -2.43. The maximum absolute atomic E-state index is 13.5. The van der Waals surface area contributed by atoms with Crippen LogP contribution in [0.1, 0.15) is 74.1 Å². The van der Waals surface area contributed by atoms with Crippen LogP contribution < -0.4 is 4.74 Å². The number of esters is 1. The molecule has 0 N–H and O–H groups in total. The van der Waals surface area contributed by atoms with E-state index in [2.05, 4.69) is 15.1 Å². The van der Waals surface area contributed by atoms with Crippen molar-refractivity contribution in [2.45, 2.75) is 83.7 Å². The van der Waals surface area contributed by atoms with Crippen LogP contribution in [-0.2, 0) is 27.2 Å². The molecule has 3 fully saturated rings. The summed E-state index contributed by atoms with van der Waals surface area (Å²) in [5.41, 5.74) is 2.01. The van der Waals surface area contributed by atoms with Gasteiger partial charge in [0.2, 0.25) is 0 Å². The van der Waals surface area contributed by atoms with Gasteiger partial charge in [0.1, 0.15) is 17.3 Å². The molecule has 0 radical (unpaired) electrons. The lowest BCUT2D eigenvalue weighted by Crippen LogP contribution is -2.52. The Kier molecular flexibility index (Phi) is 7.08. The number of halogens is 1.